The van der Waals surface area contributed by atoms with Gasteiger partial charge in [0.15, 0.2) is 5.82 Å². The molecule has 0 saturated carbocycles. The lowest BCUT2D eigenvalue weighted by molar-refractivity contribution is 0.385. The van der Waals surface area contributed by atoms with Gasteiger partial charge in [-0.1, -0.05) is 5.16 Å². The number of nitrogens with one attached hydrogen (secondary N) is 1. The van der Waals surface area contributed by atoms with Crippen molar-refractivity contribution in [3.8, 4) is 0 Å². The normalized spacial score (nSPS) is 19.9. The lowest BCUT2D eigenvalue weighted by Gasteiger charge is -2.10. The van der Waals surface area contributed by atoms with Crippen molar-refractivity contribution in [2.75, 3.05) is 13.1 Å². The fourth-order valence-corrected chi connectivity index (χ4v) is 2.27. The van der Waals surface area contributed by atoms with Crippen molar-refractivity contribution >= 4 is 0 Å². The first-order valence-corrected chi connectivity index (χ1v) is 5.83. The van der Waals surface area contributed by atoms with E-state index in [-0.39, 0.29) is 0 Å². The van der Waals surface area contributed by atoms with Gasteiger partial charge in [0.05, 0.1) is 12.9 Å². The first-order valence-electron chi connectivity index (χ1n) is 5.83. The zero-order chi connectivity index (χ0) is 11.7. The number of aryl methyl sites for hydroxylation is 1. The number of aromatic nitrogens is 4. The molecule has 90 valence electrons. The van der Waals surface area contributed by atoms with Crippen LogP contribution in [0.15, 0.2) is 17.0 Å². The van der Waals surface area contributed by atoms with E-state index in [2.05, 4.69) is 25.0 Å². The molecular formula is C11H15N5O. The summed E-state index contributed by atoms with van der Waals surface area (Å²) in [4.78, 5) is 8.43. The second kappa shape index (κ2) is 4.29. The Labute approximate surface area is 99.0 Å². The van der Waals surface area contributed by atoms with Crippen molar-refractivity contribution in [3.05, 3.63) is 29.9 Å². The average molecular weight is 233 g/mol. The van der Waals surface area contributed by atoms with Crippen LogP contribution in [-0.4, -0.2) is 32.8 Å². The highest BCUT2D eigenvalue weighted by Gasteiger charge is 2.20. The third-order valence-electron chi connectivity index (χ3n) is 3.10. The molecule has 3 heterocycles. The van der Waals surface area contributed by atoms with Crippen molar-refractivity contribution in [2.45, 2.75) is 25.8 Å². The lowest BCUT2D eigenvalue weighted by Crippen LogP contribution is -2.12. The molecule has 0 spiro atoms. The summed E-state index contributed by atoms with van der Waals surface area (Å²) in [5.41, 5.74) is 1.25. The third kappa shape index (κ3) is 2.08. The van der Waals surface area contributed by atoms with E-state index >= 15 is 0 Å². The van der Waals surface area contributed by atoms with Crippen LogP contribution in [0.3, 0.4) is 0 Å². The monoisotopic (exact) mass is 233 g/mol. The van der Waals surface area contributed by atoms with Crippen LogP contribution in [0.5, 0.6) is 0 Å². The quantitative estimate of drug-likeness (QED) is 0.845. The van der Waals surface area contributed by atoms with Crippen LogP contribution < -0.4 is 5.32 Å². The summed E-state index contributed by atoms with van der Waals surface area (Å²) < 4.78 is 7.07. The summed E-state index contributed by atoms with van der Waals surface area (Å²) in [6.45, 7) is 4.53. The highest BCUT2D eigenvalue weighted by molar-refractivity contribution is 5.10. The third-order valence-corrected chi connectivity index (χ3v) is 3.10. The maximum absolute atomic E-state index is 4.97. The van der Waals surface area contributed by atoms with E-state index in [1.54, 1.807) is 6.92 Å². The molecule has 1 fully saturated rings. The molecule has 0 aliphatic carbocycles. The van der Waals surface area contributed by atoms with Crippen LogP contribution in [0.25, 0.3) is 0 Å². The minimum Gasteiger partial charge on any atom is -0.340 e. The van der Waals surface area contributed by atoms with Gasteiger partial charge in [-0.25, -0.2) is 4.98 Å². The summed E-state index contributed by atoms with van der Waals surface area (Å²) in [7, 11) is 0. The Hall–Kier alpha value is -1.69. The number of nitrogens with zero attached hydrogens (tertiary/aromatic N) is 4. The molecule has 17 heavy (non-hydrogen) atoms. The van der Waals surface area contributed by atoms with Gasteiger partial charge in [0.25, 0.3) is 0 Å². The molecule has 0 bridgehead atoms. The molecular weight excluding hydrogens is 218 g/mol. The lowest BCUT2D eigenvalue weighted by atomic mass is 10.1. The molecule has 2 aromatic rings. The predicted octanol–water partition coefficient (Wildman–Crippen LogP) is 0.700. The number of hydrogen-bond acceptors (Lipinski definition) is 5. The molecule has 3 rings (SSSR count). The molecule has 1 saturated heterocycles. The Morgan fingerprint density at radius 2 is 2.53 bits per heavy atom. The van der Waals surface area contributed by atoms with Crippen molar-refractivity contribution in [1.29, 1.82) is 0 Å². The number of hydrogen-bond donors (Lipinski definition) is 1. The first-order chi connectivity index (χ1) is 8.33. The average Bonchev–Trinajstić information content (AvgIpc) is 3.00. The first kappa shape index (κ1) is 10.5. The second-order valence-electron chi connectivity index (χ2n) is 4.37. The number of rotatable bonds is 3. The van der Waals surface area contributed by atoms with Crippen molar-refractivity contribution in [2.24, 2.45) is 0 Å². The SMILES string of the molecule is Cc1nc(Cn2cncc2C2CCNC2)no1. The van der Waals surface area contributed by atoms with E-state index in [1.807, 2.05) is 12.5 Å². The van der Waals surface area contributed by atoms with Crippen LogP contribution in [0, 0.1) is 6.92 Å². The van der Waals surface area contributed by atoms with Crippen LogP contribution in [0.2, 0.25) is 0 Å². The van der Waals surface area contributed by atoms with Crippen LogP contribution in [-0.2, 0) is 6.54 Å². The highest BCUT2D eigenvalue weighted by Crippen LogP contribution is 2.22. The molecule has 1 atom stereocenters. The molecule has 1 unspecified atom stereocenters. The Kier molecular flexibility index (Phi) is 2.64. The summed E-state index contributed by atoms with van der Waals surface area (Å²) >= 11 is 0. The summed E-state index contributed by atoms with van der Waals surface area (Å²) in [6, 6.07) is 0. The van der Waals surface area contributed by atoms with E-state index in [9.17, 15) is 0 Å². The highest BCUT2D eigenvalue weighted by atomic mass is 16.5. The maximum Gasteiger partial charge on any atom is 0.223 e. The molecule has 0 aromatic carbocycles. The van der Waals surface area contributed by atoms with Crippen LogP contribution >= 0.6 is 0 Å². The molecule has 1 aliphatic rings. The van der Waals surface area contributed by atoms with Gasteiger partial charge in [-0.05, 0) is 13.0 Å². The van der Waals surface area contributed by atoms with Gasteiger partial charge in [0.1, 0.15) is 0 Å². The van der Waals surface area contributed by atoms with E-state index < -0.39 is 0 Å². The zero-order valence-corrected chi connectivity index (χ0v) is 9.76. The molecule has 6 heteroatoms. The summed E-state index contributed by atoms with van der Waals surface area (Å²) in [5.74, 6) is 1.85. The predicted molar refractivity (Wildman–Crippen MR) is 60.6 cm³/mol. The maximum atomic E-state index is 4.97. The minimum atomic E-state index is 0.547. The van der Waals surface area contributed by atoms with Gasteiger partial charge in [0, 0.05) is 31.3 Å². The van der Waals surface area contributed by atoms with Gasteiger partial charge in [-0.2, -0.15) is 4.98 Å². The summed E-state index contributed by atoms with van der Waals surface area (Å²) in [5, 5.41) is 7.27. The topological polar surface area (TPSA) is 68.8 Å². The van der Waals surface area contributed by atoms with Gasteiger partial charge >= 0.3 is 0 Å². The van der Waals surface area contributed by atoms with Gasteiger partial charge in [-0.3, -0.25) is 0 Å². The van der Waals surface area contributed by atoms with E-state index in [0.29, 0.717) is 24.2 Å². The Bertz CT molecular complexity index is 497. The van der Waals surface area contributed by atoms with Crippen LogP contribution in [0.1, 0.15) is 29.7 Å². The standard InChI is InChI=1S/C11H15N5O/c1-8-14-11(15-17-8)6-16-7-13-5-10(16)9-2-3-12-4-9/h5,7,9,12H,2-4,6H2,1H3. The number of imidazole rings is 1. The molecule has 6 nitrogen and oxygen atoms in total. The Balaban J connectivity index is 1.81. The fraction of sp³-hybridized carbons (Fsp3) is 0.545. The minimum absolute atomic E-state index is 0.547. The molecule has 0 amide bonds. The van der Waals surface area contributed by atoms with Crippen molar-refractivity contribution < 1.29 is 4.52 Å². The molecule has 1 aliphatic heterocycles. The van der Waals surface area contributed by atoms with E-state index in [1.165, 1.54) is 5.69 Å². The summed E-state index contributed by atoms with van der Waals surface area (Å²) in [6.07, 6.45) is 4.93. The van der Waals surface area contributed by atoms with Crippen LogP contribution in [0.4, 0.5) is 0 Å². The van der Waals surface area contributed by atoms with Gasteiger partial charge in [0.2, 0.25) is 5.89 Å². The van der Waals surface area contributed by atoms with Crippen molar-refractivity contribution in [1.82, 2.24) is 25.0 Å². The Morgan fingerprint density at radius 3 is 3.24 bits per heavy atom. The fourth-order valence-electron chi connectivity index (χ4n) is 2.27. The Morgan fingerprint density at radius 1 is 1.59 bits per heavy atom. The largest absolute Gasteiger partial charge is 0.340 e. The zero-order valence-electron chi connectivity index (χ0n) is 9.76. The van der Waals surface area contributed by atoms with Gasteiger partial charge < -0.3 is 14.4 Å². The second-order valence-corrected chi connectivity index (χ2v) is 4.37. The molecule has 0 radical (unpaired) electrons. The van der Waals surface area contributed by atoms with E-state index in [4.69, 9.17) is 4.52 Å². The van der Waals surface area contributed by atoms with E-state index in [0.717, 1.165) is 19.5 Å². The molecule has 2 aromatic heterocycles. The molecule has 1 N–H and O–H groups in total. The smallest absolute Gasteiger partial charge is 0.223 e. The van der Waals surface area contributed by atoms with Gasteiger partial charge in [-0.15, -0.1) is 0 Å². The van der Waals surface area contributed by atoms with Crippen molar-refractivity contribution in [3.63, 3.8) is 0 Å².